The molecule has 142 valence electrons. The number of hydrogen-bond donors (Lipinski definition) is 1. The number of carbonyl (C=O) groups is 1. The first kappa shape index (κ1) is 18.7. The summed E-state index contributed by atoms with van der Waals surface area (Å²) in [6, 6.07) is 11.4. The van der Waals surface area contributed by atoms with Gasteiger partial charge in [0.2, 0.25) is 11.6 Å². The van der Waals surface area contributed by atoms with E-state index < -0.39 is 5.91 Å². The van der Waals surface area contributed by atoms with Crippen molar-refractivity contribution in [2.24, 2.45) is 0 Å². The van der Waals surface area contributed by atoms with Gasteiger partial charge < -0.3 is 18.6 Å². The molecule has 0 spiro atoms. The Labute approximate surface area is 160 Å². The van der Waals surface area contributed by atoms with Gasteiger partial charge in [0.15, 0.2) is 11.5 Å². The van der Waals surface area contributed by atoms with Gasteiger partial charge in [0.25, 0.3) is 5.91 Å². The number of nitriles is 1. The molecule has 0 aliphatic heterocycles. The highest BCUT2D eigenvalue weighted by Gasteiger charge is 2.18. The first-order valence-corrected chi connectivity index (χ1v) is 8.05. The molecule has 1 amide bonds. The number of rotatable bonds is 6. The van der Waals surface area contributed by atoms with Crippen molar-refractivity contribution in [1.29, 1.82) is 5.26 Å². The summed E-state index contributed by atoms with van der Waals surface area (Å²) >= 11 is 0. The number of benzene rings is 2. The van der Waals surface area contributed by atoms with E-state index in [9.17, 15) is 4.79 Å². The van der Waals surface area contributed by atoms with Gasteiger partial charge in [-0.25, -0.2) is 0 Å². The van der Waals surface area contributed by atoms with E-state index in [1.165, 1.54) is 33.5 Å². The topological polar surface area (TPSA) is 120 Å². The quantitative estimate of drug-likeness (QED) is 0.693. The van der Waals surface area contributed by atoms with Gasteiger partial charge in [-0.15, -0.1) is 5.10 Å². The largest absolute Gasteiger partial charge is 0.493 e. The average Bonchev–Trinajstić information content (AvgIpc) is 3.21. The van der Waals surface area contributed by atoms with Gasteiger partial charge in [-0.05, 0) is 36.4 Å². The minimum Gasteiger partial charge on any atom is -0.493 e. The van der Waals surface area contributed by atoms with Crippen LogP contribution in [0.2, 0.25) is 0 Å². The molecule has 2 aromatic carbocycles. The van der Waals surface area contributed by atoms with E-state index in [2.05, 4.69) is 15.5 Å². The standard InChI is InChI=1S/C19H16N4O5/c1-25-14-8-13(9-15(26-2)16(14)27-3)18-22-23-19(28-18)21-17(24)12-6-4-11(10-20)5-7-12/h4-9H,1-3H3,(H,21,23,24). The molecule has 0 saturated heterocycles. The predicted molar refractivity (Wildman–Crippen MR) is 98.5 cm³/mol. The third-order valence-electron chi connectivity index (χ3n) is 3.83. The van der Waals surface area contributed by atoms with Crippen LogP contribution in [0.3, 0.4) is 0 Å². The predicted octanol–water partition coefficient (Wildman–Crippen LogP) is 2.89. The molecular formula is C19H16N4O5. The minimum atomic E-state index is -0.440. The number of ether oxygens (including phenoxy) is 3. The Morgan fingerprint density at radius 3 is 2.21 bits per heavy atom. The number of carbonyl (C=O) groups excluding carboxylic acids is 1. The summed E-state index contributed by atoms with van der Waals surface area (Å²) in [5, 5.41) is 19.1. The van der Waals surface area contributed by atoms with E-state index >= 15 is 0 Å². The van der Waals surface area contributed by atoms with Crippen molar-refractivity contribution in [3.63, 3.8) is 0 Å². The lowest BCUT2D eigenvalue weighted by molar-refractivity contribution is 0.102. The van der Waals surface area contributed by atoms with Crippen LogP contribution >= 0.6 is 0 Å². The second kappa shape index (κ2) is 8.09. The van der Waals surface area contributed by atoms with Crippen LogP contribution in [0.4, 0.5) is 6.01 Å². The SMILES string of the molecule is COc1cc(-c2nnc(NC(=O)c3ccc(C#N)cc3)o2)cc(OC)c1OC. The van der Waals surface area contributed by atoms with Crippen molar-refractivity contribution in [3.05, 3.63) is 47.5 Å². The van der Waals surface area contributed by atoms with E-state index in [1.54, 1.807) is 24.3 Å². The molecule has 3 aromatic rings. The minimum absolute atomic E-state index is 0.0712. The van der Waals surface area contributed by atoms with Gasteiger partial charge >= 0.3 is 6.01 Å². The van der Waals surface area contributed by atoms with Crippen molar-refractivity contribution in [2.45, 2.75) is 0 Å². The van der Waals surface area contributed by atoms with Crippen molar-refractivity contribution in [1.82, 2.24) is 10.2 Å². The molecule has 9 nitrogen and oxygen atoms in total. The Morgan fingerprint density at radius 2 is 1.68 bits per heavy atom. The number of nitrogens with one attached hydrogen (secondary N) is 1. The fourth-order valence-corrected chi connectivity index (χ4v) is 2.46. The Bertz CT molecular complexity index is 1010. The Hall–Kier alpha value is -4.06. The molecular weight excluding hydrogens is 364 g/mol. The second-order valence-electron chi connectivity index (χ2n) is 5.47. The lowest BCUT2D eigenvalue weighted by Crippen LogP contribution is -2.11. The van der Waals surface area contributed by atoms with E-state index in [1.807, 2.05) is 6.07 Å². The molecule has 3 rings (SSSR count). The Morgan fingerprint density at radius 1 is 1.04 bits per heavy atom. The average molecular weight is 380 g/mol. The third kappa shape index (κ3) is 3.71. The number of anilines is 1. The molecule has 0 bridgehead atoms. The van der Waals surface area contributed by atoms with Crippen LogP contribution in [0.1, 0.15) is 15.9 Å². The highest BCUT2D eigenvalue weighted by Crippen LogP contribution is 2.41. The van der Waals surface area contributed by atoms with Crippen molar-refractivity contribution in [3.8, 4) is 34.8 Å². The normalized spacial score (nSPS) is 10.1. The first-order valence-electron chi connectivity index (χ1n) is 8.05. The Balaban J connectivity index is 1.83. The van der Waals surface area contributed by atoms with Gasteiger partial charge in [-0.1, -0.05) is 5.10 Å². The fraction of sp³-hybridized carbons (Fsp3) is 0.158. The highest BCUT2D eigenvalue weighted by molar-refractivity contribution is 6.03. The second-order valence-corrected chi connectivity index (χ2v) is 5.47. The van der Waals surface area contributed by atoms with E-state index in [4.69, 9.17) is 23.9 Å². The smallest absolute Gasteiger partial charge is 0.322 e. The van der Waals surface area contributed by atoms with Crippen LogP contribution < -0.4 is 19.5 Å². The summed E-state index contributed by atoms with van der Waals surface area (Å²) in [7, 11) is 4.50. The zero-order valence-electron chi connectivity index (χ0n) is 15.3. The molecule has 28 heavy (non-hydrogen) atoms. The Kier molecular flexibility index (Phi) is 5.41. The summed E-state index contributed by atoms with van der Waals surface area (Å²) < 4.78 is 21.4. The van der Waals surface area contributed by atoms with Crippen LogP contribution in [0.5, 0.6) is 17.2 Å². The van der Waals surface area contributed by atoms with Gasteiger partial charge in [-0.2, -0.15) is 5.26 Å². The maximum absolute atomic E-state index is 12.3. The van der Waals surface area contributed by atoms with Crippen LogP contribution in [0.25, 0.3) is 11.5 Å². The van der Waals surface area contributed by atoms with Crippen LogP contribution in [0, 0.1) is 11.3 Å². The molecule has 0 saturated carbocycles. The molecule has 0 unspecified atom stereocenters. The monoisotopic (exact) mass is 380 g/mol. The molecule has 1 aromatic heterocycles. The van der Waals surface area contributed by atoms with Gasteiger partial charge in [0.1, 0.15) is 0 Å². The molecule has 0 aliphatic rings. The summed E-state index contributed by atoms with van der Waals surface area (Å²) in [5.41, 5.74) is 1.34. The van der Waals surface area contributed by atoms with Crippen molar-refractivity contribution < 1.29 is 23.4 Å². The number of methoxy groups -OCH3 is 3. The summed E-state index contributed by atoms with van der Waals surface area (Å²) in [6.07, 6.45) is 0. The molecule has 9 heteroatoms. The number of nitrogens with zero attached hydrogens (tertiary/aromatic N) is 3. The maximum Gasteiger partial charge on any atom is 0.322 e. The molecule has 0 atom stereocenters. The number of aromatic nitrogens is 2. The zero-order valence-corrected chi connectivity index (χ0v) is 15.3. The highest BCUT2D eigenvalue weighted by atomic mass is 16.5. The van der Waals surface area contributed by atoms with Crippen LogP contribution in [-0.2, 0) is 0 Å². The molecule has 0 radical (unpaired) electrons. The van der Waals surface area contributed by atoms with Crippen molar-refractivity contribution in [2.75, 3.05) is 26.6 Å². The van der Waals surface area contributed by atoms with Crippen LogP contribution in [0.15, 0.2) is 40.8 Å². The van der Waals surface area contributed by atoms with Crippen LogP contribution in [-0.4, -0.2) is 37.4 Å². The summed E-state index contributed by atoms with van der Waals surface area (Å²) in [6.45, 7) is 0. The van der Waals surface area contributed by atoms with Crippen molar-refractivity contribution >= 4 is 11.9 Å². The molecule has 1 heterocycles. The molecule has 0 fully saturated rings. The summed E-state index contributed by atoms with van der Waals surface area (Å²) in [4.78, 5) is 12.3. The fourth-order valence-electron chi connectivity index (χ4n) is 2.46. The van der Waals surface area contributed by atoms with Gasteiger partial charge in [0.05, 0.1) is 33.0 Å². The summed E-state index contributed by atoms with van der Waals surface area (Å²) in [5.74, 6) is 1.01. The van der Waals surface area contributed by atoms with Gasteiger partial charge in [0, 0.05) is 11.1 Å². The third-order valence-corrected chi connectivity index (χ3v) is 3.83. The number of hydrogen-bond acceptors (Lipinski definition) is 8. The molecule has 0 aliphatic carbocycles. The van der Waals surface area contributed by atoms with Gasteiger partial charge in [-0.3, -0.25) is 10.1 Å². The molecule has 1 N–H and O–H groups in total. The number of amides is 1. The lowest BCUT2D eigenvalue weighted by atomic mass is 10.1. The van der Waals surface area contributed by atoms with E-state index in [0.717, 1.165) is 0 Å². The van der Waals surface area contributed by atoms with E-state index in [0.29, 0.717) is 33.9 Å². The van der Waals surface area contributed by atoms with E-state index in [-0.39, 0.29) is 11.9 Å². The lowest BCUT2D eigenvalue weighted by Gasteiger charge is -2.12. The zero-order chi connectivity index (χ0) is 20.1. The first-order chi connectivity index (χ1) is 13.6. The maximum atomic E-state index is 12.3.